The molecule has 1 aliphatic carbocycles. The topological polar surface area (TPSA) is 66.0 Å². The van der Waals surface area contributed by atoms with E-state index in [1.54, 1.807) is 36.5 Å². The summed E-state index contributed by atoms with van der Waals surface area (Å²) >= 11 is 0. The first-order chi connectivity index (χ1) is 11.7. The van der Waals surface area contributed by atoms with Crippen molar-refractivity contribution >= 4 is 23.2 Å². The average Bonchev–Trinajstić information content (AvgIpc) is 2.59. The predicted molar refractivity (Wildman–Crippen MR) is 92.9 cm³/mol. The zero-order valence-corrected chi connectivity index (χ0v) is 13.4. The second kappa shape index (κ2) is 7.77. The van der Waals surface area contributed by atoms with Gasteiger partial charge in [0.25, 0.3) is 0 Å². The number of carbonyl (C=O) groups is 1. The highest BCUT2D eigenvalue weighted by Gasteiger charge is 2.15. The van der Waals surface area contributed by atoms with Crippen LogP contribution in [0.25, 0.3) is 0 Å². The van der Waals surface area contributed by atoms with Crippen molar-refractivity contribution in [3.05, 3.63) is 48.4 Å². The largest absolute Gasteiger partial charge is 0.338 e. The minimum absolute atomic E-state index is 0.210. The Bertz CT molecular complexity index is 684. The predicted octanol–water partition coefficient (Wildman–Crippen LogP) is 4.42. The van der Waals surface area contributed by atoms with Crippen molar-refractivity contribution in [1.29, 1.82) is 0 Å². The SMILES string of the molecule is O=C(Nc1ccc(Nc2ccccc2F)nc1)NC1CCCCC1. The zero-order valence-electron chi connectivity index (χ0n) is 13.4. The molecule has 0 aliphatic heterocycles. The maximum atomic E-state index is 13.6. The number of hydrogen-bond donors (Lipinski definition) is 3. The molecular formula is C18H21FN4O. The summed E-state index contributed by atoms with van der Waals surface area (Å²) in [7, 11) is 0. The number of pyridine rings is 1. The van der Waals surface area contributed by atoms with Crippen LogP contribution in [-0.4, -0.2) is 17.1 Å². The first-order valence-electron chi connectivity index (χ1n) is 8.26. The lowest BCUT2D eigenvalue weighted by molar-refractivity contribution is 0.244. The number of amides is 2. The highest BCUT2D eigenvalue weighted by molar-refractivity contribution is 5.89. The van der Waals surface area contributed by atoms with Gasteiger partial charge in [0.1, 0.15) is 11.6 Å². The minimum Gasteiger partial charge on any atom is -0.338 e. The number of halogens is 1. The molecule has 1 fully saturated rings. The smallest absolute Gasteiger partial charge is 0.319 e. The average molecular weight is 328 g/mol. The van der Waals surface area contributed by atoms with E-state index in [0.29, 0.717) is 17.2 Å². The van der Waals surface area contributed by atoms with Crippen molar-refractivity contribution < 1.29 is 9.18 Å². The van der Waals surface area contributed by atoms with E-state index in [4.69, 9.17) is 0 Å². The van der Waals surface area contributed by atoms with Gasteiger partial charge in [0.05, 0.1) is 17.6 Å². The molecule has 6 heteroatoms. The van der Waals surface area contributed by atoms with Crippen LogP contribution < -0.4 is 16.0 Å². The highest BCUT2D eigenvalue weighted by Crippen LogP contribution is 2.20. The second-order valence-electron chi connectivity index (χ2n) is 5.97. The lowest BCUT2D eigenvalue weighted by atomic mass is 9.96. The fraction of sp³-hybridized carbons (Fsp3) is 0.333. The van der Waals surface area contributed by atoms with Gasteiger partial charge in [-0.05, 0) is 37.1 Å². The number of carbonyl (C=O) groups excluding carboxylic acids is 1. The Kier molecular flexibility index (Phi) is 5.25. The van der Waals surface area contributed by atoms with E-state index in [1.165, 1.54) is 25.3 Å². The van der Waals surface area contributed by atoms with Gasteiger partial charge in [0, 0.05) is 6.04 Å². The standard InChI is InChI=1S/C18H21FN4O/c19-15-8-4-5-9-16(15)23-17-11-10-14(12-20-17)22-18(24)21-13-6-2-1-3-7-13/h4-5,8-13H,1-3,6-7H2,(H,20,23)(H2,21,22,24). The van der Waals surface area contributed by atoms with Crippen LogP contribution in [0.3, 0.4) is 0 Å². The second-order valence-corrected chi connectivity index (χ2v) is 5.97. The first-order valence-corrected chi connectivity index (χ1v) is 8.26. The molecule has 2 aromatic rings. The molecule has 1 heterocycles. The molecule has 0 bridgehead atoms. The van der Waals surface area contributed by atoms with Gasteiger partial charge in [0.2, 0.25) is 0 Å². The summed E-state index contributed by atoms with van der Waals surface area (Å²) in [6, 6.07) is 9.88. The van der Waals surface area contributed by atoms with Crippen molar-refractivity contribution in [2.45, 2.75) is 38.1 Å². The Morgan fingerprint density at radius 3 is 2.58 bits per heavy atom. The lowest BCUT2D eigenvalue weighted by Gasteiger charge is -2.22. The van der Waals surface area contributed by atoms with Crippen molar-refractivity contribution in [2.75, 3.05) is 10.6 Å². The van der Waals surface area contributed by atoms with E-state index in [2.05, 4.69) is 20.9 Å². The van der Waals surface area contributed by atoms with Crippen molar-refractivity contribution in [1.82, 2.24) is 10.3 Å². The number of nitrogens with one attached hydrogen (secondary N) is 3. The van der Waals surface area contributed by atoms with Gasteiger partial charge in [-0.1, -0.05) is 31.4 Å². The zero-order chi connectivity index (χ0) is 16.8. The van der Waals surface area contributed by atoms with E-state index < -0.39 is 0 Å². The number of nitrogens with zero attached hydrogens (tertiary/aromatic N) is 1. The Hall–Kier alpha value is -2.63. The van der Waals surface area contributed by atoms with Gasteiger partial charge in [-0.15, -0.1) is 0 Å². The van der Waals surface area contributed by atoms with Crippen LogP contribution in [0, 0.1) is 5.82 Å². The molecule has 0 saturated heterocycles. The van der Waals surface area contributed by atoms with Crippen LogP contribution in [0.1, 0.15) is 32.1 Å². The van der Waals surface area contributed by atoms with Crippen LogP contribution >= 0.6 is 0 Å². The molecule has 3 N–H and O–H groups in total. The monoisotopic (exact) mass is 328 g/mol. The van der Waals surface area contributed by atoms with Gasteiger partial charge < -0.3 is 16.0 Å². The van der Waals surface area contributed by atoms with Crippen LogP contribution in [0.15, 0.2) is 42.6 Å². The molecule has 1 aromatic heterocycles. The molecule has 1 aliphatic rings. The lowest BCUT2D eigenvalue weighted by Crippen LogP contribution is -2.39. The number of aromatic nitrogens is 1. The van der Waals surface area contributed by atoms with Crippen molar-refractivity contribution in [2.24, 2.45) is 0 Å². The van der Waals surface area contributed by atoms with Gasteiger partial charge in [-0.2, -0.15) is 0 Å². The van der Waals surface area contributed by atoms with E-state index in [-0.39, 0.29) is 17.9 Å². The molecule has 0 unspecified atom stereocenters. The highest BCUT2D eigenvalue weighted by atomic mass is 19.1. The number of para-hydroxylation sites is 1. The molecule has 0 atom stereocenters. The van der Waals surface area contributed by atoms with Crippen LogP contribution in [-0.2, 0) is 0 Å². The number of hydrogen-bond acceptors (Lipinski definition) is 3. The molecule has 126 valence electrons. The minimum atomic E-state index is -0.339. The molecule has 0 spiro atoms. The summed E-state index contributed by atoms with van der Waals surface area (Å²) in [4.78, 5) is 16.2. The Morgan fingerprint density at radius 1 is 1.08 bits per heavy atom. The summed E-state index contributed by atoms with van der Waals surface area (Å²) < 4.78 is 13.6. The van der Waals surface area contributed by atoms with Crippen LogP contribution in [0.4, 0.5) is 26.4 Å². The summed E-state index contributed by atoms with van der Waals surface area (Å²) in [5.74, 6) is 0.173. The van der Waals surface area contributed by atoms with Gasteiger partial charge in [-0.3, -0.25) is 0 Å². The van der Waals surface area contributed by atoms with Gasteiger partial charge >= 0.3 is 6.03 Å². The van der Waals surface area contributed by atoms with E-state index in [1.807, 2.05) is 0 Å². The molecule has 5 nitrogen and oxygen atoms in total. The maximum absolute atomic E-state index is 13.6. The summed E-state index contributed by atoms with van der Waals surface area (Å²) in [5.41, 5.74) is 0.961. The third-order valence-electron chi connectivity index (χ3n) is 4.10. The van der Waals surface area contributed by atoms with Crippen molar-refractivity contribution in [3.8, 4) is 0 Å². The number of urea groups is 1. The normalized spacial score (nSPS) is 14.9. The van der Waals surface area contributed by atoms with E-state index in [0.717, 1.165) is 12.8 Å². The molecule has 24 heavy (non-hydrogen) atoms. The third-order valence-corrected chi connectivity index (χ3v) is 4.10. The summed E-state index contributed by atoms with van der Waals surface area (Å²) in [5, 5.41) is 8.67. The molecule has 2 amide bonds. The Morgan fingerprint density at radius 2 is 1.88 bits per heavy atom. The molecular weight excluding hydrogens is 307 g/mol. The van der Waals surface area contributed by atoms with Crippen LogP contribution in [0.2, 0.25) is 0 Å². The quantitative estimate of drug-likeness (QED) is 0.778. The van der Waals surface area contributed by atoms with E-state index in [9.17, 15) is 9.18 Å². The summed E-state index contributed by atoms with van der Waals surface area (Å²) in [6.07, 6.45) is 7.21. The van der Waals surface area contributed by atoms with Gasteiger partial charge in [-0.25, -0.2) is 14.2 Å². The van der Waals surface area contributed by atoms with Crippen molar-refractivity contribution in [3.63, 3.8) is 0 Å². The number of anilines is 3. The summed E-state index contributed by atoms with van der Waals surface area (Å²) in [6.45, 7) is 0. The molecule has 1 saturated carbocycles. The number of benzene rings is 1. The fourth-order valence-corrected chi connectivity index (χ4v) is 2.84. The van der Waals surface area contributed by atoms with E-state index >= 15 is 0 Å². The third kappa shape index (κ3) is 4.44. The number of rotatable bonds is 4. The molecule has 3 rings (SSSR count). The fourth-order valence-electron chi connectivity index (χ4n) is 2.84. The molecule has 1 aromatic carbocycles. The maximum Gasteiger partial charge on any atom is 0.319 e. The Balaban J connectivity index is 1.54. The Labute approximate surface area is 140 Å². The molecule has 0 radical (unpaired) electrons. The van der Waals surface area contributed by atoms with Gasteiger partial charge in [0.15, 0.2) is 0 Å². The van der Waals surface area contributed by atoms with Crippen LogP contribution in [0.5, 0.6) is 0 Å². The first kappa shape index (κ1) is 16.2.